The van der Waals surface area contributed by atoms with Crippen molar-refractivity contribution in [2.75, 3.05) is 25.6 Å². The third kappa shape index (κ3) is 6.53. The molecule has 1 aromatic heterocycles. The Kier molecular flexibility index (Phi) is 8.89. The molecule has 3 aromatic rings. The number of aromatic nitrogens is 2. The van der Waals surface area contributed by atoms with Gasteiger partial charge in [0.05, 0.1) is 32.7 Å². The minimum atomic E-state index is -1.12. The van der Waals surface area contributed by atoms with Crippen molar-refractivity contribution in [3.05, 3.63) is 84.3 Å². The summed E-state index contributed by atoms with van der Waals surface area (Å²) in [5, 5.41) is 13.4. The van der Waals surface area contributed by atoms with E-state index in [0.717, 1.165) is 17.5 Å². The maximum Gasteiger partial charge on any atom is 0.328 e. The van der Waals surface area contributed by atoms with Crippen LogP contribution in [0.2, 0.25) is 0 Å². The van der Waals surface area contributed by atoms with Crippen LogP contribution in [0.25, 0.3) is 0 Å². The van der Waals surface area contributed by atoms with Gasteiger partial charge in [0.15, 0.2) is 0 Å². The lowest BCUT2D eigenvalue weighted by Gasteiger charge is -2.28. The predicted octanol–water partition coefficient (Wildman–Crippen LogP) is 1.91. The Morgan fingerprint density at radius 2 is 1.86 bits per heavy atom. The molecule has 1 saturated heterocycles. The highest BCUT2D eigenvalue weighted by Gasteiger charge is 2.39. The van der Waals surface area contributed by atoms with Crippen molar-refractivity contribution in [2.45, 2.75) is 43.8 Å². The first-order valence-corrected chi connectivity index (χ1v) is 12.3. The van der Waals surface area contributed by atoms with E-state index in [0.29, 0.717) is 25.4 Å². The molecule has 1 aliphatic rings. The highest BCUT2D eigenvalue weighted by molar-refractivity contribution is 5.89. The van der Waals surface area contributed by atoms with Crippen molar-refractivity contribution in [2.24, 2.45) is 5.73 Å². The smallest absolute Gasteiger partial charge is 0.328 e. The molecule has 0 spiro atoms. The lowest BCUT2D eigenvalue weighted by Crippen LogP contribution is -2.44. The molecule has 0 bridgehead atoms. The van der Waals surface area contributed by atoms with E-state index in [1.807, 2.05) is 60.7 Å². The van der Waals surface area contributed by atoms with Crippen LogP contribution < -0.4 is 11.1 Å². The van der Waals surface area contributed by atoms with Crippen molar-refractivity contribution in [3.8, 4) is 0 Å². The molecular weight excluding hydrogens is 474 g/mol. The molecule has 1 aliphatic heterocycles. The molecule has 37 heavy (non-hydrogen) atoms. The standard InChI is InChI=1S/C27H33N5O5/c1-36-27(35)22-13-8-14-32(22)26(34)24(20-11-6-3-7-12-20)31-15-23(29-18-31)30-25(33)21(28)17-37-16-19-9-4-2-5-10-19/h2-7,9-12,15,18,21-22,24-25,30,33H,8,13-14,16-17,28H2,1H3/t21-,22-,24?,25-/m0/s1. The molecule has 2 aromatic carbocycles. The van der Waals surface area contributed by atoms with Gasteiger partial charge in [0, 0.05) is 12.7 Å². The molecule has 0 radical (unpaired) electrons. The average molecular weight is 508 g/mol. The van der Waals surface area contributed by atoms with Gasteiger partial charge in [-0.3, -0.25) is 4.79 Å². The Balaban J connectivity index is 1.44. The van der Waals surface area contributed by atoms with E-state index in [-0.39, 0.29) is 12.5 Å². The van der Waals surface area contributed by atoms with E-state index < -0.39 is 30.3 Å². The number of carbonyl (C=O) groups excluding carboxylic acids is 2. The Labute approximate surface area is 216 Å². The third-order valence-electron chi connectivity index (χ3n) is 6.38. The summed E-state index contributed by atoms with van der Waals surface area (Å²) in [5.41, 5.74) is 7.86. The number of methoxy groups -OCH3 is 1. The van der Waals surface area contributed by atoms with Gasteiger partial charge in [-0.1, -0.05) is 60.7 Å². The van der Waals surface area contributed by atoms with Crippen LogP contribution in [0.3, 0.4) is 0 Å². The lowest BCUT2D eigenvalue weighted by atomic mass is 10.0. The number of nitrogens with zero attached hydrogens (tertiary/aromatic N) is 3. The van der Waals surface area contributed by atoms with Gasteiger partial charge in [0.2, 0.25) is 0 Å². The van der Waals surface area contributed by atoms with Gasteiger partial charge >= 0.3 is 5.97 Å². The summed E-state index contributed by atoms with van der Waals surface area (Å²) in [5.74, 6) is -0.294. The van der Waals surface area contributed by atoms with Crippen molar-refractivity contribution >= 4 is 17.7 Å². The molecule has 4 N–H and O–H groups in total. The highest BCUT2D eigenvalue weighted by Crippen LogP contribution is 2.28. The fraction of sp³-hybridized carbons (Fsp3) is 0.370. The summed E-state index contributed by atoms with van der Waals surface area (Å²) in [6.45, 7) is 0.997. The monoisotopic (exact) mass is 507 g/mol. The first kappa shape index (κ1) is 26.3. The van der Waals surface area contributed by atoms with Crippen LogP contribution in [-0.4, -0.2) is 70.0 Å². The molecule has 2 heterocycles. The van der Waals surface area contributed by atoms with Gasteiger partial charge in [-0.15, -0.1) is 0 Å². The van der Waals surface area contributed by atoms with E-state index in [1.54, 1.807) is 15.7 Å². The predicted molar refractivity (Wildman–Crippen MR) is 137 cm³/mol. The van der Waals surface area contributed by atoms with Crippen molar-refractivity contribution in [3.63, 3.8) is 0 Å². The number of aliphatic hydroxyl groups excluding tert-OH is 1. The fourth-order valence-corrected chi connectivity index (χ4v) is 4.44. The quantitative estimate of drug-likeness (QED) is 0.265. The second kappa shape index (κ2) is 12.5. The van der Waals surface area contributed by atoms with E-state index in [1.165, 1.54) is 13.4 Å². The van der Waals surface area contributed by atoms with Crippen molar-refractivity contribution in [1.82, 2.24) is 14.5 Å². The van der Waals surface area contributed by atoms with Crippen LogP contribution in [0.5, 0.6) is 0 Å². The molecule has 4 atom stereocenters. The molecular formula is C27H33N5O5. The second-order valence-electron chi connectivity index (χ2n) is 8.99. The molecule has 4 rings (SSSR count). The highest BCUT2D eigenvalue weighted by atomic mass is 16.5. The van der Waals surface area contributed by atoms with Crippen LogP contribution in [-0.2, 0) is 25.7 Å². The number of carbonyl (C=O) groups is 2. The number of anilines is 1. The van der Waals surface area contributed by atoms with Gasteiger partial charge in [-0.25, -0.2) is 9.78 Å². The average Bonchev–Trinajstić information content (AvgIpc) is 3.60. The molecule has 1 fully saturated rings. The second-order valence-corrected chi connectivity index (χ2v) is 8.99. The van der Waals surface area contributed by atoms with Crippen LogP contribution in [0, 0.1) is 0 Å². The molecule has 196 valence electrons. The number of benzene rings is 2. The normalized spacial score (nSPS) is 17.7. The first-order chi connectivity index (χ1) is 18.0. The van der Waals surface area contributed by atoms with Gasteiger partial charge in [-0.05, 0) is 24.0 Å². The molecule has 10 heteroatoms. The Bertz CT molecular complexity index is 1160. The summed E-state index contributed by atoms with van der Waals surface area (Å²) < 4.78 is 12.2. The largest absolute Gasteiger partial charge is 0.467 e. The number of esters is 1. The number of aliphatic hydroxyl groups is 1. The van der Waals surface area contributed by atoms with E-state index >= 15 is 0 Å². The molecule has 0 aliphatic carbocycles. The summed E-state index contributed by atoms with van der Waals surface area (Å²) in [4.78, 5) is 31.9. The zero-order valence-corrected chi connectivity index (χ0v) is 20.8. The van der Waals surface area contributed by atoms with Gasteiger partial charge < -0.3 is 35.1 Å². The number of amides is 1. The minimum absolute atomic E-state index is 0.138. The summed E-state index contributed by atoms with van der Waals surface area (Å²) in [6, 6.07) is 16.9. The van der Waals surface area contributed by atoms with Gasteiger partial charge in [0.1, 0.15) is 24.1 Å². The summed E-state index contributed by atoms with van der Waals surface area (Å²) >= 11 is 0. The van der Waals surface area contributed by atoms with Crippen LogP contribution in [0.15, 0.2) is 73.2 Å². The summed E-state index contributed by atoms with van der Waals surface area (Å²) in [7, 11) is 1.33. The number of nitrogens with one attached hydrogen (secondary N) is 1. The number of hydrogen-bond donors (Lipinski definition) is 3. The maximum absolute atomic E-state index is 13.7. The van der Waals surface area contributed by atoms with Crippen molar-refractivity contribution in [1.29, 1.82) is 0 Å². The number of hydrogen-bond acceptors (Lipinski definition) is 8. The molecule has 1 unspecified atom stereocenters. The Morgan fingerprint density at radius 3 is 2.57 bits per heavy atom. The van der Waals surface area contributed by atoms with Crippen LogP contribution in [0.4, 0.5) is 5.82 Å². The zero-order valence-electron chi connectivity index (χ0n) is 20.8. The Morgan fingerprint density at radius 1 is 1.16 bits per heavy atom. The number of imidazole rings is 1. The topological polar surface area (TPSA) is 132 Å². The fourth-order valence-electron chi connectivity index (χ4n) is 4.44. The van der Waals surface area contributed by atoms with E-state index in [4.69, 9.17) is 15.2 Å². The maximum atomic E-state index is 13.7. The van der Waals surface area contributed by atoms with Gasteiger partial charge in [-0.2, -0.15) is 0 Å². The van der Waals surface area contributed by atoms with Crippen molar-refractivity contribution < 1.29 is 24.2 Å². The minimum Gasteiger partial charge on any atom is -0.467 e. The molecule has 0 saturated carbocycles. The third-order valence-corrected chi connectivity index (χ3v) is 6.38. The number of nitrogens with two attached hydrogens (primary N) is 1. The van der Waals surface area contributed by atoms with Gasteiger partial charge in [0.25, 0.3) is 5.91 Å². The zero-order chi connectivity index (χ0) is 26.2. The van der Waals surface area contributed by atoms with Crippen LogP contribution in [0.1, 0.15) is 30.0 Å². The first-order valence-electron chi connectivity index (χ1n) is 12.3. The Hall–Kier alpha value is -3.73. The summed E-state index contributed by atoms with van der Waals surface area (Å²) in [6.07, 6.45) is 3.32. The molecule has 1 amide bonds. The van der Waals surface area contributed by atoms with E-state index in [9.17, 15) is 14.7 Å². The SMILES string of the molecule is COC(=O)[C@@H]1CCCN1C(=O)C(c1ccccc1)n1cnc(N[C@@H](O)[C@@H](N)COCc2ccccc2)c1. The van der Waals surface area contributed by atoms with Crippen LogP contribution >= 0.6 is 0 Å². The number of likely N-dealkylation sites (tertiary alicyclic amines) is 1. The number of ether oxygens (including phenoxy) is 2. The lowest BCUT2D eigenvalue weighted by molar-refractivity contribution is -0.151. The number of rotatable bonds is 11. The van der Waals surface area contributed by atoms with E-state index in [2.05, 4.69) is 10.3 Å². The molecule has 10 nitrogen and oxygen atoms in total.